The van der Waals surface area contributed by atoms with E-state index in [9.17, 15) is 9.50 Å². The fourth-order valence-corrected chi connectivity index (χ4v) is 8.97. The van der Waals surface area contributed by atoms with E-state index in [1.54, 1.807) is 61.7 Å². The van der Waals surface area contributed by atoms with E-state index in [0.29, 0.717) is 86.3 Å². The molecule has 4 aromatic heterocycles. The third-order valence-corrected chi connectivity index (χ3v) is 12.9. The zero-order chi connectivity index (χ0) is 52.8. The van der Waals surface area contributed by atoms with Crippen molar-refractivity contribution in [3.8, 4) is 58.1 Å². The molecule has 10 rings (SSSR count). The highest BCUT2D eigenvalue weighted by Gasteiger charge is 2.20. The van der Waals surface area contributed by atoms with Crippen molar-refractivity contribution in [2.75, 3.05) is 106 Å². The molecule has 19 nitrogen and oxygen atoms in total. The summed E-state index contributed by atoms with van der Waals surface area (Å²) >= 11 is 0. The Morgan fingerprint density at radius 2 is 1.04 bits per heavy atom. The van der Waals surface area contributed by atoms with Crippen LogP contribution < -0.4 is 23.7 Å². The maximum Gasteiger partial charge on any atom is 0.175 e. The van der Waals surface area contributed by atoms with Crippen molar-refractivity contribution in [1.82, 2.24) is 50.0 Å². The van der Waals surface area contributed by atoms with Crippen molar-refractivity contribution in [3.63, 3.8) is 0 Å². The molecule has 2 fully saturated rings. The standard InChI is InChI=1S/C27H29FN6O3.C18H14FN3O3.C9H17N3O/c1-18-14-20-21(31-18)4-5-23(27(20)28)37-26-17-30-32-22-16-25(24(35-2)15-19(22)26)36-13-3-7-33-9-11-34(8-6-29)12-10-33;1-9-5-11-12(21-9)3-4-15(18(11)19)25-17-8-20-22-13-7-14(23)16(24-2)6-10(13)17;10-2-4-12-7-5-11(6-8-12)3-1-9-13/h4-5,14-17,31H,3,7-13H2,1-2H3;3-8,21,23H,1-2H3;13H,1,3-9H2. The van der Waals surface area contributed by atoms with Gasteiger partial charge in [0, 0.05) is 117 Å². The van der Waals surface area contributed by atoms with E-state index in [0.717, 1.165) is 89.7 Å². The van der Waals surface area contributed by atoms with E-state index in [1.165, 1.54) is 25.6 Å². The number of aromatic hydroxyl groups is 1. The van der Waals surface area contributed by atoms with Crippen LogP contribution in [0.5, 0.6) is 46.0 Å². The zero-order valence-electron chi connectivity index (χ0n) is 42.4. The molecule has 0 amide bonds. The third-order valence-electron chi connectivity index (χ3n) is 12.9. The third kappa shape index (κ3) is 13.3. The van der Waals surface area contributed by atoms with E-state index in [-0.39, 0.29) is 29.6 Å². The van der Waals surface area contributed by atoms with Crippen molar-refractivity contribution in [2.45, 2.75) is 26.7 Å². The van der Waals surface area contributed by atoms with E-state index in [2.05, 4.69) is 62.1 Å². The zero-order valence-corrected chi connectivity index (χ0v) is 42.4. The molecule has 0 saturated carbocycles. The molecular weight excluding hydrogens is 967 g/mol. The number of aromatic amines is 2. The van der Waals surface area contributed by atoms with Crippen molar-refractivity contribution in [1.29, 1.82) is 10.5 Å². The Balaban J connectivity index is 0.000000168. The number of aryl methyl sites for hydroxylation is 2. The minimum Gasteiger partial charge on any atom is -0.504 e. The smallest absolute Gasteiger partial charge is 0.175 e. The number of halogens is 2. The largest absolute Gasteiger partial charge is 0.504 e. The maximum atomic E-state index is 15.1. The summed E-state index contributed by atoms with van der Waals surface area (Å²) in [5, 5.41) is 54.0. The number of nitrogens with one attached hydrogen (secondary N) is 2. The molecule has 8 aromatic rings. The Bertz CT molecular complexity index is 3310. The summed E-state index contributed by atoms with van der Waals surface area (Å²) in [6.07, 6.45) is 4.57. The Kier molecular flexibility index (Phi) is 18.0. The first-order valence-electron chi connectivity index (χ1n) is 24.6. The molecule has 0 radical (unpaired) electrons. The van der Waals surface area contributed by atoms with Crippen LogP contribution in [-0.4, -0.2) is 166 Å². The highest BCUT2D eigenvalue weighted by Crippen LogP contribution is 2.40. The number of nitriles is 2. The molecule has 6 heterocycles. The van der Waals surface area contributed by atoms with Crippen molar-refractivity contribution < 1.29 is 42.7 Å². The van der Waals surface area contributed by atoms with Crippen LogP contribution in [0.2, 0.25) is 0 Å². The molecule has 0 unspecified atom stereocenters. The number of aliphatic hydroxyl groups is 1. The number of benzene rings is 4. The van der Waals surface area contributed by atoms with Gasteiger partial charge in [0.2, 0.25) is 0 Å². The SMILES string of the molecule is COc1cc2c(Oc3ccc4[nH]c(C)cc4c3F)cnnc2cc1O.COc1cc2c(Oc3ccc4[nH]c(C)cc4c3F)cnnc2cc1OCCCN1CCN(CC#N)CC1.N#CCN1CCN(CCCO)CC1. The van der Waals surface area contributed by atoms with Crippen LogP contribution >= 0.6 is 0 Å². The predicted molar refractivity (Wildman–Crippen MR) is 279 cm³/mol. The van der Waals surface area contributed by atoms with E-state index in [1.807, 2.05) is 13.8 Å². The van der Waals surface area contributed by atoms with Gasteiger partial charge in [-0.2, -0.15) is 30.9 Å². The summed E-state index contributed by atoms with van der Waals surface area (Å²) in [6, 6.07) is 21.1. The molecule has 4 aromatic carbocycles. The Morgan fingerprint density at radius 3 is 1.52 bits per heavy atom. The number of methoxy groups -OCH3 is 2. The number of H-pyrrole nitrogens is 2. The number of piperazine rings is 2. The lowest BCUT2D eigenvalue weighted by Crippen LogP contribution is -2.46. The number of rotatable bonds is 16. The number of ether oxygens (including phenoxy) is 5. The summed E-state index contributed by atoms with van der Waals surface area (Å²) in [4.78, 5) is 15.3. The molecule has 0 aliphatic carbocycles. The molecule has 392 valence electrons. The second-order valence-corrected chi connectivity index (χ2v) is 18.1. The fraction of sp³-hybridized carbons (Fsp3) is 0.370. The molecule has 4 N–H and O–H groups in total. The van der Waals surface area contributed by atoms with Gasteiger partial charge in [-0.05, 0) is 75.2 Å². The van der Waals surface area contributed by atoms with Crippen molar-refractivity contribution in [2.24, 2.45) is 0 Å². The van der Waals surface area contributed by atoms with Gasteiger partial charge >= 0.3 is 0 Å². The first kappa shape index (κ1) is 53.4. The van der Waals surface area contributed by atoms with Crippen LogP contribution in [-0.2, 0) is 0 Å². The summed E-state index contributed by atoms with van der Waals surface area (Å²) in [5.74, 6) is 1.27. The molecular formula is C54H60F2N12O7. The molecule has 2 aliphatic rings. The van der Waals surface area contributed by atoms with Crippen LogP contribution in [0, 0.1) is 48.1 Å². The number of hydrogen-bond acceptors (Lipinski definition) is 17. The summed E-state index contributed by atoms with van der Waals surface area (Å²) in [5.41, 5.74) is 4.12. The van der Waals surface area contributed by atoms with Crippen molar-refractivity contribution in [3.05, 3.63) is 96.1 Å². The number of nitrogens with zero attached hydrogens (tertiary/aromatic N) is 10. The summed E-state index contributed by atoms with van der Waals surface area (Å²) < 4.78 is 58.3. The molecule has 0 spiro atoms. The van der Waals surface area contributed by atoms with Gasteiger partial charge in [0.25, 0.3) is 0 Å². The second kappa shape index (κ2) is 25.3. The monoisotopic (exact) mass is 1030 g/mol. The Morgan fingerprint density at radius 1 is 0.573 bits per heavy atom. The number of aliphatic hydroxyl groups excluding tert-OH is 1. The average Bonchev–Trinajstić information content (AvgIpc) is 4.02. The topological polar surface area (TPSA) is 230 Å². The van der Waals surface area contributed by atoms with E-state index in [4.69, 9.17) is 39.3 Å². The molecule has 0 atom stereocenters. The van der Waals surface area contributed by atoms with E-state index >= 15 is 4.39 Å². The average molecular weight is 1030 g/mol. The Hall–Kier alpha value is -7.92. The van der Waals surface area contributed by atoms with Gasteiger partial charge in [-0.1, -0.05) is 0 Å². The summed E-state index contributed by atoms with van der Waals surface area (Å²) in [6.45, 7) is 15.2. The number of aromatic nitrogens is 6. The van der Waals surface area contributed by atoms with Gasteiger partial charge in [0.1, 0.15) is 11.0 Å². The highest BCUT2D eigenvalue weighted by atomic mass is 19.1. The van der Waals surface area contributed by atoms with Crippen molar-refractivity contribution >= 4 is 43.6 Å². The normalized spacial score (nSPS) is 14.4. The van der Waals surface area contributed by atoms with E-state index < -0.39 is 11.6 Å². The summed E-state index contributed by atoms with van der Waals surface area (Å²) in [7, 11) is 3.02. The second-order valence-electron chi connectivity index (χ2n) is 18.1. The minimum atomic E-state index is -0.461. The fourth-order valence-electron chi connectivity index (χ4n) is 8.97. The molecule has 2 saturated heterocycles. The van der Waals surface area contributed by atoms with Crippen LogP contribution in [0.25, 0.3) is 43.6 Å². The molecule has 2 aliphatic heterocycles. The maximum absolute atomic E-state index is 15.1. The first-order valence-corrected chi connectivity index (χ1v) is 24.6. The number of fused-ring (bicyclic) bond motifs is 4. The van der Waals surface area contributed by atoms with Gasteiger partial charge in [-0.25, -0.2) is 8.78 Å². The van der Waals surface area contributed by atoms with Gasteiger partial charge in [0.15, 0.2) is 57.6 Å². The minimum absolute atomic E-state index is 0.0585. The molecule has 21 heteroatoms. The van der Waals surface area contributed by atoms with Crippen LogP contribution in [0.15, 0.2) is 73.1 Å². The van der Waals surface area contributed by atoms with Crippen LogP contribution in [0.1, 0.15) is 24.2 Å². The quantitative estimate of drug-likeness (QED) is 0.0533. The van der Waals surface area contributed by atoms with Gasteiger partial charge in [-0.3, -0.25) is 9.80 Å². The van der Waals surface area contributed by atoms with Crippen LogP contribution in [0.3, 0.4) is 0 Å². The lowest BCUT2D eigenvalue weighted by Gasteiger charge is -2.33. The van der Waals surface area contributed by atoms with Crippen LogP contribution in [0.4, 0.5) is 8.78 Å². The van der Waals surface area contributed by atoms with Gasteiger partial charge in [0.05, 0.1) is 69.2 Å². The van der Waals surface area contributed by atoms with Gasteiger partial charge in [-0.15, -0.1) is 0 Å². The molecule has 0 bridgehead atoms. The first-order chi connectivity index (χ1) is 36.5. The molecule has 75 heavy (non-hydrogen) atoms. The highest BCUT2D eigenvalue weighted by molar-refractivity contribution is 5.89. The lowest BCUT2D eigenvalue weighted by atomic mass is 10.2. The predicted octanol–water partition coefficient (Wildman–Crippen LogP) is 7.84. The number of hydrogen-bond donors (Lipinski definition) is 4. The number of phenols is 1. The number of phenolic OH excluding ortho intramolecular Hbond substituents is 1. The van der Waals surface area contributed by atoms with Gasteiger partial charge < -0.3 is 53.7 Å². The lowest BCUT2D eigenvalue weighted by molar-refractivity contribution is 0.134. The Labute approximate surface area is 432 Å².